The molecule has 0 saturated carbocycles. The predicted molar refractivity (Wildman–Crippen MR) is 56.8 cm³/mol. The van der Waals surface area contributed by atoms with Gasteiger partial charge in [-0.2, -0.15) is 0 Å². The molecular formula is C12H9NO2. The third kappa shape index (κ3) is 1.29. The summed E-state index contributed by atoms with van der Waals surface area (Å²) in [6.07, 6.45) is 3.85. The third-order valence-corrected chi connectivity index (χ3v) is 2.36. The molecule has 2 aromatic heterocycles. The smallest absolute Gasteiger partial charge is 0.204 e. The normalized spacial score (nSPS) is 10.9. The average Bonchev–Trinajstić information content (AvgIpc) is 2.78. The molecule has 3 rings (SSSR count). The van der Waals surface area contributed by atoms with E-state index in [1.54, 1.807) is 12.1 Å². The summed E-state index contributed by atoms with van der Waals surface area (Å²) in [5.74, 6) is 1.06. The molecule has 1 N–H and O–H groups in total. The van der Waals surface area contributed by atoms with Crippen molar-refractivity contribution in [2.75, 3.05) is 0 Å². The molecule has 0 bridgehead atoms. The number of nitrogens with zero attached hydrogens (tertiary/aromatic N) is 1. The van der Waals surface area contributed by atoms with Crippen LogP contribution in [0.15, 0.2) is 53.2 Å². The Bertz CT molecular complexity index is 561. The molecule has 3 heteroatoms. The van der Waals surface area contributed by atoms with Gasteiger partial charge in [-0.1, -0.05) is 0 Å². The maximum absolute atomic E-state index is 9.17. The van der Waals surface area contributed by atoms with Crippen molar-refractivity contribution >= 4 is 5.71 Å². The highest BCUT2D eigenvalue weighted by Gasteiger charge is 2.04. The quantitative estimate of drug-likeness (QED) is 0.654. The minimum atomic E-state index is 0.261. The summed E-state index contributed by atoms with van der Waals surface area (Å²) in [5, 5.41) is 9.17. The second kappa shape index (κ2) is 2.92. The Morgan fingerprint density at radius 2 is 1.87 bits per heavy atom. The lowest BCUT2D eigenvalue weighted by atomic mass is 10.2. The van der Waals surface area contributed by atoms with E-state index in [9.17, 15) is 0 Å². The van der Waals surface area contributed by atoms with Gasteiger partial charge in [-0.25, -0.2) is 0 Å². The molecule has 1 aromatic carbocycles. The minimum Gasteiger partial charge on any atom is -0.508 e. The lowest BCUT2D eigenvalue weighted by Gasteiger charge is -1.95. The Morgan fingerprint density at radius 3 is 2.60 bits per heavy atom. The first kappa shape index (κ1) is 8.17. The van der Waals surface area contributed by atoms with Gasteiger partial charge in [0.2, 0.25) is 5.71 Å². The molecule has 0 atom stereocenters. The molecule has 0 unspecified atom stereocenters. The number of hydrogen-bond donors (Lipinski definition) is 1. The van der Waals surface area contributed by atoms with E-state index in [0.29, 0.717) is 0 Å². The number of aromatic nitrogens is 1. The van der Waals surface area contributed by atoms with Gasteiger partial charge < -0.3 is 9.52 Å². The maximum atomic E-state index is 9.17. The van der Waals surface area contributed by atoms with Crippen LogP contribution in [0.25, 0.3) is 17.0 Å². The lowest BCUT2D eigenvalue weighted by molar-refractivity contribution is 0.475. The van der Waals surface area contributed by atoms with Crippen molar-refractivity contribution in [1.29, 1.82) is 0 Å². The fourth-order valence-corrected chi connectivity index (χ4v) is 1.60. The first-order chi connectivity index (χ1) is 7.33. The van der Waals surface area contributed by atoms with Gasteiger partial charge in [-0.05, 0) is 30.3 Å². The van der Waals surface area contributed by atoms with Crippen LogP contribution in [0.2, 0.25) is 0 Å². The molecule has 0 saturated heterocycles. The molecule has 0 fully saturated rings. The van der Waals surface area contributed by atoms with Crippen LogP contribution in [0, 0.1) is 0 Å². The van der Waals surface area contributed by atoms with Gasteiger partial charge in [0.05, 0.1) is 6.20 Å². The van der Waals surface area contributed by atoms with Crippen LogP contribution in [0.5, 0.6) is 5.75 Å². The van der Waals surface area contributed by atoms with Gasteiger partial charge in [0.1, 0.15) is 5.75 Å². The molecule has 0 aliphatic carbocycles. The van der Waals surface area contributed by atoms with Crippen molar-refractivity contribution in [3.8, 4) is 17.1 Å². The molecule has 15 heavy (non-hydrogen) atoms. The SMILES string of the molecule is Oc1ccc(-c2cn3cccc3o2)cc1. The van der Waals surface area contributed by atoms with Crippen LogP contribution < -0.4 is 0 Å². The summed E-state index contributed by atoms with van der Waals surface area (Å²) < 4.78 is 7.53. The zero-order valence-electron chi connectivity index (χ0n) is 7.92. The van der Waals surface area contributed by atoms with Gasteiger partial charge in [0.15, 0.2) is 5.76 Å². The first-order valence-electron chi connectivity index (χ1n) is 4.69. The average molecular weight is 199 g/mol. The van der Waals surface area contributed by atoms with Gasteiger partial charge in [0, 0.05) is 17.8 Å². The fraction of sp³-hybridized carbons (Fsp3) is 0. The van der Waals surface area contributed by atoms with Crippen LogP contribution in [-0.2, 0) is 0 Å². The van der Waals surface area contributed by atoms with Crippen molar-refractivity contribution < 1.29 is 9.52 Å². The van der Waals surface area contributed by atoms with Crippen LogP contribution in [0.4, 0.5) is 0 Å². The topological polar surface area (TPSA) is 37.8 Å². The number of benzene rings is 1. The Hall–Kier alpha value is -2.16. The molecule has 2 heterocycles. The Labute approximate surface area is 86.2 Å². The second-order valence-electron chi connectivity index (χ2n) is 3.40. The van der Waals surface area contributed by atoms with Gasteiger partial charge in [0.25, 0.3) is 0 Å². The highest BCUT2D eigenvalue weighted by molar-refractivity contribution is 5.60. The lowest BCUT2D eigenvalue weighted by Crippen LogP contribution is -1.73. The van der Waals surface area contributed by atoms with E-state index in [-0.39, 0.29) is 5.75 Å². The molecule has 3 nitrogen and oxygen atoms in total. The molecule has 0 radical (unpaired) electrons. The van der Waals surface area contributed by atoms with Crippen molar-refractivity contribution in [1.82, 2.24) is 4.40 Å². The number of hydrogen-bond acceptors (Lipinski definition) is 2. The molecular weight excluding hydrogens is 190 g/mol. The fourth-order valence-electron chi connectivity index (χ4n) is 1.60. The Balaban J connectivity index is 2.13. The zero-order chi connectivity index (χ0) is 10.3. The standard InChI is InChI=1S/C12H9NO2/c14-10-5-3-9(4-6-10)11-8-13-7-1-2-12(13)15-11/h1-8,14H. The van der Waals surface area contributed by atoms with Crippen LogP contribution in [-0.4, -0.2) is 9.51 Å². The van der Waals surface area contributed by atoms with Crippen molar-refractivity contribution in [2.45, 2.75) is 0 Å². The van der Waals surface area contributed by atoms with Crippen LogP contribution in [0.3, 0.4) is 0 Å². The maximum Gasteiger partial charge on any atom is 0.204 e. The number of phenols is 1. The highest BCUT2D eigenvalue weighted by Crippen LogP contribution is 2.24. The van der Waals surface area contributed by atoms with Gasteiger partial charge in [-0.3, -0.25) is 4.40 Å². The summed E-state index contributed by atoms with van der Waals surface area (Å²) >= 11 is 0. The van der Waals surface area contributed by atoms with Crippen molar-refractivity contribution in [3.63, 3.8) is 0 Å². The monoisotopic (exact) mass is 199 g/mol. The molecule has 3 aromatic rings. The van der Waals surface area contributed by atoms with Crippen molar-refractivity contribution in [3.05, 3.63) is 48.8 Å². The zero-order valence-corrected chi connectivity index (χ0v) is 7.92. The van der Waals surface area contributed by atoms with E-state index in [2.05, 4.69) is 0 Å². The molecule has 0 aliphatic heterocycles. The summed E-state index contributed by atoms with van der Waals surface area (Å²) in [6.45, 7) is 0. The summed E-state index contributed by atoms with van der Waals surface area (Å²) in [4.78, 5) is 0. The summed E-state index contributed by atoms with van der Waals surface area (Å²) in [5.41, 5.74) is 1.77. The highest BCUT2D eigenvalue weighted by atomic mass is 16.3. The summed E-state index contributed by atoms with van der Waals surface area (Å²) in [6, 6.07) is 10.8. The van der Waals surface area contributed by atoms with Gasteiger partial charge >= 0.3 is 0 Å². The van der Waals surface area contributed by atoms with E-state index in [0.717, 1.165) is 17.0 Å². The molecule has 0 amide bonds. The number of phenolic OH excluding ortho intramolecular Hbond substituents is 1. The number of oxazole rings is 1. The molecule has 0 aliphatic rings. The Morgan fingerprint density at radius 1 is 1.07 bits per heavy atom. The first-order valence-corrected chi connectivity index (χ1v) is 4.69. The number of fused-ring (bicyclic) bond motifs is 1. The predicted octanol–water partition coefficient (Wildman–Crippen LogP) is 2.90. The van der Waals surface area contributed by atoms with Crippen LogP contribution >= 0.6 is 0 Å². The van der Waals surface area contributed by atoms with Crippen molar-refractivity contribution in [2.24, 2.45) is 0 Å². The van der Waals surface area contributed by atoms with E-state index in [4.69, 9.17) is 9.52 Å². The molecule has 74 valence electrons. The van der Waals surface area contributed by atoms with E-state index in [1.165, 1.54) is 0 Å². The second-order valence-corrected chi connectivity index (χ2v) is 3.40. The Kier molecular flexibility index (Phi) is 1.59. The molecule has 0 spiro atoms. The minimum absolute atomic E-state index is 0.261. The third-order valence-electron chi connectivity index (χ3n) is 2.36. The van der Waals surface area contributed by atoms with E-state index in [1.807, 2.05) is 41.1 Å². The largest absolute Gasteiger partial charge is 0.508 e. The van der Waals surface area contributed by atoms with E-state index >= 15 is 0 Å². The summed E-state index contributed by atoms with van der Waals surface area (Å²) in [7, 11) is 0. The van der Waals surface area contributed by atoms with Crippen LogP contribution in [0.1, 0.15) is 0 Å². The number of aromatic hydroxyl groups is 1. The van der Waals surface area contributed by atoms with Gasteiger partial charge in [-0.15, -0.1) is 0 Å². The van der Waals surface area contributed by atoms with E-state index < -0.39 is 0 Å². The number of rotatable bonds is 1.